The molecule has 0 saturated carbocycles. The van der Waals surface area contributed by atoms with E-state index in [2.05, 4.69) is 54.1 Å². The summed E-state index contributed by atoms with van der Waals surface area (Å²) in [6.45, 7) is 12.9. The zero-order valence-electron chi connectivity index (χ0n) is 13.4. The third-order valence-electron chi connectivity index (χ3n) is 4.49. The van der Waals surface area contributed by atoms with Gasteiger partial charge in [-0.2, -0.15) is 0 Å². The maximum absolute atomic E-state index is 5.86. The average molecular weight is 289 g/mol. The van der Waals surface area contributed by atoms with Gasteiger partial charge in [0.1, 0.15) is 0 Å². The van der Waals surface area contributed by atoms with Gasteiger partial charge >= 0.3 is 0 Å². The second-order valence-corrected chi connectivity index (χ2v) is 6.32. The standard InChI is InChI=1S/C17H27N3O/c1-13-11-20(12-14(2)21-13)17-6-4-5-16(15(17)3)19-9-7-18-8-10-19/h4-6,13-14,18H,7-12H2,1-3H3. The zero-order valence-corrected chi connectivity index (χ0v) is 13.4. The number of hydrogen-bond acceptors (Lipinski definition) is 4. The van der Waals surface area contributed by atoms with Crippen molar-refractivity contribution >= 4 is 11.4 Å². The minimum absolute atomic E-state index is 0.302. The van der Waals surface area contributed by atoms with E-state index in [4.69, 9.17) is 4.74 Å². The van der Waals surface area contributed by atoms with Gasteiger partial charge in [0.25, 0.3) is 0 Å². The molecule has 0 aliphatic carbocycles. The lowest BCUT2D eigenvalue weighted by molar-refractivity contribution is -0.00524. The lowest BCUT2D eigenvalue weighted by Gasteiger charge is -2.39. The summed E-state index contributed by atoms with van der Waals surface area (Å²) < 4.78 is 5.86. The van der Waals surface area contributed by atoms with E-state index in [0.29, 0.717) is 12.2 Å². The summed E-state index contributed by atoms with van der Waals surface area (Å²) in [5.74, 6) is 0. The highest BCUT2D eigenvalue weighted by atomic mass is 16.5. The summed E-state index contributed by atoms with van der Waals surface area (Å²) in [6, 6.07) is 6.72. The normalized spacial score (nSPS) is 27.0. The molecular formula is C17H27N3O. The number of rotatable bonds is 2. The predicted molar refractivity (Wildman–Crippen MR) is 88.5 cm³/mol. The molecule has 0 amide bonds. The highest BCUT2D eigenvalue weighted by Gasteiger charge is 2.24. The molecule has 3 rings (SSSR count). The van der Waals surface area contributed by atoms with Gasteiger partial charge in [-0.3, -0.25) is 0 Å². The molecule has 4 nitrogen and oxygen atoms in total. The minimum atomic E-state index is 0.302. The van der Waals surface area contributed by atoms with Crippen molar-refractivity contribution in [2.75, 3.05) is 49.1 Å². The van der Waals surface area contributed by atoms with Crippen LogP contribution in [0.1, 0.15) is 19.4 Å². The molecule has 1 aromatic rings. The van der Waals surface area contributed by atoms with E-state index < -0.39 is 0 Å². The molecule has 2 unspecified atom stereocenters. The van der Waals surface area contributed by atoms with Gasteiger partial charge in [-0.25, -0.2) is 0 Å². The molecule has 0 spiro atoms. The van der Waals surface area contributed by atoms with Gasteiger partial charge in [0.05, 0.1) is 12.2 Å². The summed E-state index contributed by atoms with van der Waals surface area (Å²) in [4.78, 5) is 4.99. The molecule has 116 valence electrons. The van der Waals surface area contributed by atoms with Gasteiger partial charge in [-0.1, -0.05) is 6.07 Å². The Morgan fingerprint density at radius 2 is 1.57 bits per heavy atom. The summed E-state index contributed by atoms with van der Waals surface area (Å²) in [6.07, 6.45) is 0.604. The van der Waals surface area contributed by atoms with Crippen LogP contribution in [0.15, 0.2) is 18.2 Å². The summed E-state index contributed by atoms with van der Waals surface area (Å²) >= 11 is 0. The minimum Gasteiger partial charge on any atom is -0.372 e. The molecular weight excluding hydrogens is 262 g/mol. The molecule has 2 aliphatic rings. The fourth-order valence-electron chi connectivity index (χ4n) is 3.58. The van der Waals surface area contributed by atoms with Crippen LogP contribution in [0.5, 0.6) is 0 Å². The van der Waals surface area contributed by atoms with E-state index in [1.807, 2.05) is 0 Å². The van der Waals surface area contributed by atoms with Crippen LogP contribution >= 0.6 is 0 Å². The quantitative estimate of drug-likeness (QED) is 0.901. The Morgan fingerprint density at radius 3 is 2.19 bits per heavy atom. The molecule has 0 bridgehead atoms. The first-order valence-corrected chi connectivity index (χ1v) is 8.11. The monoisotopic (exact) mass is 289 g/mol. The average Bonchev–Trinajstić information content (AvgIpc) is 2.47. The van der Waals surface area contributed by atoms with Crippen molar-refractivity contribution in [1.29, 1.82) is 0 Å². The fraction of sp³-hybridized carbons (Fsp3) is 0.647. The van der Waals surface area contributed by atoms with Crippen molar-refractivity contribution in [2.45, 2.75) is 33.0 Å². The second-order valence-electron chi connectivity index (χ2n) is 6.32. The van der Waals surface area contributed by atoms with Crippen LogP contribution in [0, 0.1) is 6.92 Å². The predicted octanol–water partition coefficient (Wildman–Crippen LogP) is 2.02. The smallest absolute Gasteiger partial charge is 0.0726 e. The third kappa shape index (κ3) is 3.16. The first-order valence-electron chi connectivity index (χ1n) is 8.11. The van der Waals surface area contributed by atoms with Crippen molar-refractivity contribution in [1.82, 2.24) is 5.32 Å². The highest BCUT2D eigenvalue weighted by molar-refractivity contribution is 5.67. The maximum Gasteiger partial charge on any atom is 0.0726 e. The summed E-state index contributed by atoms with van der Waals surface area (Å²) in [7, 11) is 0. The molecule has 1 N–H and O–H groups in total. The highest BCUT2D eigenvalue weighted by Crippen LogP contribution is 2.31. The third-order valence-corrected chi connectivity index (χ3v) is 4.49. The van der Waals surface area contributed by atoms with Crippen LogP contribution < -0.4 is 15.1 Å². The molecule has 2 saturated heterocycles. The van der Waals surface area contributed by atoms with E-state index in [1.165, 1.54) is 16.9 Å². The number of anilines is 2. The Balaban J connectivity index is 1.85. The molecule has 1 aromatic carbocycles. The van der Waals surface area contributed by atoms with Crippen molar-refractivity contribution in [3.8, 4) is 0 Å². The topological polar surface area (TPSA) is 27.7 Å². The van der Waals surface area contributed by atoms with Crippen molar-refractivity contribution in [2.24, 2.45) is 0 Å². The molecule has 4 heteroatoms. The van der Waals surface area contributed by atoms with E-state index in [9.17, 15) is 0 Å². The van der Waals surface area contributed by atoms with Crippen LogP contribution in [0.25, 0.3) is 0 Å². The summed E-state index contributed by atoms with van der Waals surface area (Å²) in [5.41, 5.74) is 4.16. The number of morpholine rings is 1. The van der Waals surface area contributed by atoms with Crippen molar-refractivity contribution in [3.05, 3.63) is 23.8 Å². The Bertz CT molecular complexity index is 475. The number of nitrogens with one attached hydrogen (secondary N) is 1. The first kappa shape index (κ1) is 14.7. The number of benzene rings is 1. The Morgan fingerprint density at radius 1 is 1.00 bits per heavy atom. The van der Waals surface area contributed by atoms with Gasteiger partial charge < -0.3 is 19.9 Å². The lowest BCUT2D eigenvalue weighted by atomic mass is 10.1. The molecule has 2 atom stereocenters. The lowest BCUT2D eigenvalue weighted by Crippen LogP contribution is -2.46. The first-order chi connectivity index (χ1) is 10.1. The largest absolute Gasteiger partial charge is 0.372 e. The zero-order chi connectivity index (χ0) is 14.8. The van der Waals surface area contributed by atoms with Crippen LogP contribution in [-0.2, 0) is 4.74 Å². The number of hydrogen-bond donors (Lipinski definition) is 1. The van der Waals surface area contributed by atoms with Gasteiger partial charge in [0.15, 0.2) is 0 Å². The second kappa shape index (κ2) is 6.24. The van der Waals surface area contributed by atoms with E-state index in [-0.39, 0.29) is 0 Å². The van der Waals surface area contributed by atoms with Gasteiger partial charge in [-0.15, -0.1) is 0 Å². The van der Waals surface area contributed by atoms with Gasteiger partial charge in [0, 0.05) is 50.6 Å². The van der Waals surface area contributed by atoms with E-state index >= 15 is 0 Å². The Labute approximate surface area is 128 Å². The number of nitrogens with zero attached hydrogens (tertiary/aromatic N) is 2. The molecule has 2 aliphatic heterocycles. The molecule has 0 aromatic heterocycles. The number of piperazine rings is 1. The van der Waals surface area contributed by atoms with E-state index in [1.54, 1.807) is 0 Å². The number of ether oxygens (including phenoxy) is 1. The molecule has 21 heavy (non-hydrogen) atoms. The van der Waals surface area contributed by atoms with Crippen LogP contribution in [-0.4, -0.2) is 51.5 Å². The van der Waals surface area contributed by atoms with Crippen molar-refractivity contribution < 1.29 is 4.74 Å². The summed E-state index contributed by atoms with van der Waals surface area (Å²) in [5, 5.41) is 3.42. The fourth-order valence-corrected chi connectivity index (χ4v) is 3.58. The maximum atomic E-state index is 5.86. The van der Waals surface area contributed by atoms with Crippen molar-refractivity contribution in [3.63, 3.8) is 0 Å². The molecule has 0 radical (unpaired) electrons. The molecule has 2 heterocycles. The van der Waals surface area contributed by atoms with Gasteiger partial charge in [-0.05, 0) is 38.5 Å². The van der Waals surface area contributed by atoms with Gasteiger partial charge in [0.2, 0.25) is 0 Å². The Hall–Kier alpha value is -1.26. The Kier molecular flexibility index (Phi) is 4.36. The van der Waals surface area contributed by atoms with Crippen LogP contribution in [0.3, 0.4) is 0 Å². The SMILES string of the molecule is Cc1c(N2CCNCC2)cccc1N1CC(C)OC(C)C1. The van der Waals surface area contributed by atoms with E-state index in [0.717, 1.165) is 39.3 Å². The van der Waals surface area contributed by atoms with Crippen LogP contribution in [0.4, 0.5) is 11.4 Å². The molecule has 2 fully saturated rings. The van der Waals surface area contributed by atoms with Crippen LogP contribution in [0.2, 0.25) is 0 Å².